The van der Waals surface area contributed by atoms with E-state index in [4.69, 9.17) is 9.15 Å². The van der Waals surface area contributed by atoms with Gasteiger partial charge >= 0.3 is 11.6 Å². The van der Waals surface area contributed by atoms with Crippen molar-refractivity contribution < 1.29 is 18.7 Å². The summed E-state index contributed by atoms with van der Waals surface area (Å²) in [4.78, 5) is 35.6. The topological polar surface area (TPSA) is 111 Å². The fraction of sp³-hybridized carbons (Fsp3) is 0.188. The first kappa shape index (κ1) is 18.1. The predicted octanol–water partition coefficient (Wildman–Crippen LogP) is 2.55. The number of nitrogens with zero attached hydrogens (tertiary/aromatic N) is 2. The number of rotatable bonds is 6. The number of ether oxygens (including phenoxy) is 1. The molecule has 0 unspecified atom stereocenters. The number of nitrogens with one attached hydrogen (secondary N) is 1. The molecule has 0 radical (unpaired) electrons. The number of para-hydroxylation sites is 1. The molecule has 0 aliphatic rings. The van der Waals surface area contributed by atoms with Gasteiger partial charge < -0.3 is 9.15 Å². The fourth-order valence-electron chi connectivity index (χ4n) is 2.03. The quantitative estimate of drug-likeness (QED) is 0.295. The Hall–Kier alpha value is -2.72. The van der Waals surface area contributed by atoms with E-state index >= 15 is 0 Å². The fourth-order valence-corrected chi connectivity index (χ4v) is 3.57. The monoisotopic (exact) mass is 391 g/mol. The highest BCUT2D eigenvalue weighted by atomic mass is 32.2. The van der Waals surface area contributed by atoms with Gasteiger partial charge in [0.2, 0.25) is 5.13 Å². The average Bonchev–Trinajstić information content (AvgIpc) is 3.07. The zero-order valence-corrected chi connectivity index (χ0v) is 15.2. The van der Waals surface area contributed by atoms with Crippen LogP contribution in [-0.4, -0.2) is 34.4 Å². The third-order valence-corrected chi connectivity index (χ3v) is 5.08. The molecule has 8 nitrogen and oxygen atoms in total. The van der Waals surface area contributed by atoms with Crippen LogP contribution in [-0.2, 0) is 9.53 Å². The minimum Gasteiger partial charge on any atom is -0.465 e. The molecule has 0 saturated heterocycles. The Morgan fingerprint density at radius 1 is 1.31 bits per heavy atom. The van der Waals surface area contributed by atoms with E-state index in [1.807, 2.05) is 0 Å². The van der Waals surface area contributed by atoms with Crippen molar-refractivity contribution in [2.45, 2.75) is 11.3 Å². The van der Waals surface area contributed by atoms with Gasteiger partial charge in [-0.05, 0) is 19.1 Å². The molecule has 0 aliphatic carbocycles. The average molecular weight is 391 g/mol. The van der Waals surface area contributed by atoms with Gasteiger partial charge in [-0.3, -0.25) is 14.9 Å². The lowest BCUT2D eigenvalue weighted by Crippen LogP contribution is -2.20. The van der Waals surface area contributed by atoms with Crippen LogP contribution in [0.3, 0.4) is 0 Å². The van der Waals surface area contributed by atoms with E-state index in [0.29, 0.717) is 21.9 Å². The Bertz CT molecular complexity index is 1010. The number of amides is 1. The van der Waals surface area contributed by atoms with Gasteiger partial charge in [-0.25, -0.2) is 4.79 Å². The van der Waals surface area contributed by atoms with Crippen molar-refractivity contribution in [1.29, 1.82) is 0 Å². The van der Waals surface area contributed by atoms with E-state index in [1.54, 1.807) is 31.2 Å². The summed E-state index contributed by atoms with van der Waals surface area (Å²) >= 11 is 2.25. The summed E-state index contributed by atoms with van der Waals surface area (Å²) in [6, 6.07) is 8.37. The van der Waals surface area contributed by atoms with Crippen molar-refractivity contribution in [1.82, 2.24) is 10.2 Å². The van der Waals surface area contributed by atoms with Gasteiger partial charge in [0.15, 0.2) is 4.34 Å². The Morgan fingerprint density at radius 2 is 2.12 bits per heavy atom. The summed E-state index contributed by atoms with van der Waals surface area (Å²) in [5.41, 5.74) is -0.454. The molecule has 3 aromatic rings. The molecule has 0 spiro atoms. The highest BCUT2D eigenvalue weighted by Crippen LogP contribution is 2.25. The minimum absolute atomic E-state index is 0.102. The lowest BCUT2D eigenvalue weighted by Gasteiger charge is -2.01. The predicted molar refractivity (Wildman–Crippen MR) is 97.7 cm³/mol. The maximum absolute atomic E-state index is 12.3. The van der Waals surface area contributed by atoms with E-state index in [0.717, 1.165) is 23.1 Å². The highest BCUT2D eigenvalue weighted by Gasteiger charge is 2.16. The number of aromatic nitrogens is 2. The van der Waals surface area contributed by atoms with Crippen LogP contribution in [0.15, 0.2) is 43.9 Å². The Balaban J connectivity index is 1.70. The van der Waals surface area contributed by atoms with Crippen LogP contribution in [0, 0.1) is 0 Å². The number of carbonyl (C=O) groups excluding carboxylic acids is 2. The maximum Gasteiger partial charge on any atom is 0.349 e. The van der Waals surface area contributed by atoms with Crippen molar-refractivity contribution in [3.8, 4) is 0 Å². The van der Waals surface area contributed by atoms with Crippen LogP contribution >= 0.6 is 23.1 Å². The molecule has 1 aromatic carbocycles. The Kier molecular flexibility index (Phi) is 5.64. The second-order valence-corrected chi connectivity index (χ2v) is 7.11. The second-order valence-electron chi connectivity index (χ2n) is 4.91. The van der Waals surface area contributed by atoms with E-state index in [2.05, 4.69) is 15.5 Å². The number of benzene rings is 1. The molecule has 1 N–H and O–H groups in total. The second kappa shape index (κ2) is 8.11. The molecule has 10 heteroatoms. The van der Waals surface area contributed by atoms with Crippen LogP contribution in [0.25, 0.3) is 11.0 Å². The van der Waals surface area contributed by atoms with Gasteiger partial charge in [-0.2, -0.15) is 0 Å². The summed E-state index contributed by atoms with van der Waals surface area (Å²) in [7, 11) is 0. The lowest BCUT2D eigenvalue weighted by molar-refractivity contribution is -0.139. The van der Waals surface area contributed by atoms with Gasteiger partial charge in [-0.1, -0.05) is 41.3 Å². The molecular formula is C16H13N3O5S2. The number of hydrogen-bond donors (Lipinski definition) is 1. The largest absolute Gasteiger partial charge is 0.465 e. The normalized spacial score (nSPS) is 10.7. The van der Waals surface area contributed by atoms with Gasteiger partial charge in [0.1, 0.15) is 11.1 Å². The third kappa shape index (κ3) is 4.27. The van der Waals surface area contributed by atoms with Crippen LogP contribution in [0.4, 0.5) is 5.13 Å². The molecule has 0 saturated carbocycles. The molecule has 0 aliphatic heterocycles. The van der Waals surface area contributed by atoms with Gasteiger partial charge in [0, 0.05) is 5.39 Å². The van der Waals surface area contributed by atoms with Gasteiger partial charge in [0.25, 0.3) is 5.91 Å². The summed E-state index contributed by atoms with van der Waals surface area (Å²) in [6.45, 7) is 2.04. The smallest absolute Gasteiger partial charge is 0.349 e. The van der Waals surface area contributed by atoms with Gasteiger partial charge in [-0.15, -0.1) is 10.2 Å². The van der Waals surface area contributed by atoms with Crippen molar-refractivity contribution >= 4 is 51.1 Å². The Labute approximate surface area is 155 Å². The molecule has 2 heterocycles. The van der Waals surface area contributed by atoms with E-state index < -0.39 is 11.5 Å². The van der Waals surface area contributed by atoms with Gasteiger partial charge in [0.05, 0.1) is 12.4 Å². The SMILES string of the molecule is CCOC(=O)CSc1nnc(NC(=O)c2cc3ccccc3oc2=O)s1. The Morgan fingerprint density at radius 3 is 2.92 bits per heavy atom. The lowest BCUT2D eigenvalue weighted by atomic mass is 10.2. The van der Waals surface area contributed by atoms with E-state index in [1.165, 1.54) is 6.07 Å². The van der Waals surface area contributed by atoms with Crippen molar-refractivity contribution in [3.63, 3.8) is 0 Å². The minimum atomic E-state index is -0.734. The van der Waals surface area contributed by atoms with Crippen molar-refractivity contribution in [2.75, 3.05) is 17.7 Å². The third-order valence-electron chi connectivity index (χ3n) is 3.13. The number of hydrogen-bond acceptors (Lipinski definition) is 9. The zero-order valence-electron chi connectivity index (χ0n) is 13.6. The number of esters is 1. The van der Waals surface area contributed by atoms with E-state index in [9.17, 15) is 14.4 Å². The molecule has 0 bridgehead atoms. The molecule has 134 valence electrons. The van der Waals surface area contributed by atoms with Crippen molar-refractivity contribution in [2.24, 2.45) is 0 Å². The van der Waals surface area contributed by atoms with Crippen LogP contribution in [0.1, 0.15) is 17.3 Å². The standard InChI is InChI=1S/C16H13N3O5S2/c1-2-23-12(20)8-25-16-19-18-15(26-16)17-13(21)10-7-9-5-3-4-6-11(9)24-14(10)22/h3-7H,2,8H2,1H3,(H,17,18,21). The van der Waals surface area contributed by atoms with Crippen LogP contribution in [0.2, 0.25) is 0 Å². The first-order chi connectivity index (χ1) is 12.6. The highest BCUT2D eigenvalue weighted by molar-refractivity contribution is 8.01. The first-order valence-electron chi connectivity index (χ1n) is 7.53. The summed E-state index contributed by atoms with van der Waals surface area (Å²) in [5.74, 6) is -0.889. The molecule has 1 amide bonds. The number of carbonyl (C=O) groups is 2. The summed E-state index contributed by atoms with van der Waals surface area (Å²) < 4.78 is 10.5. The molecule has 0 atom stereocenters. The number of anilines is 1. The first-order valence-corrected chi connectivity index (χ1v) is 9.33. The molecular weight excluding hydrogens is 378 g/mol. The molecule has 0 fully saturated rings. The van der Waals surface area contributed by atoms with E-state index in [-0.39, 0.29) is 22.4 Å². The maximum atomic E-state index is 12.3. The van der Waals surface area contributed by atoms with Crippen LogP contribution < -0.4 is 10.9 Å². The molecule has 26 heavy (non-hydrogen) atoms. The number of fused-ring (bicyclic) bond motifs is 1. The molecule has 2 aromatic heterocycles. The summed E-state index contributed by atoms with van der Waals surface area (Å²) in [5, 5.41) is 11.1. The zero-order chi connectivity index (χ0) is 18.5. The van der Waals surface area contributed by atoms with Crippen molar-refractivity contribution in [3.05, 3.63) is 46.3 Å². The van der Waals surface area contributed by atoms with Crippen LogP contribution in [0.5, 0.6) is 0 Å². The molecule has 3 rings (SSSR count). The number of thioether (sulfide) groups is 1. The summed E-state index contributed by atoms with van der Waals surface area (Å²) in [6.07, 6.45) is 0.